The highest BCUT2D eigenvalue weighted by atomic mass is 32.2. The molecule has 6 heteroatoms. The molecule has 0 radical (unpaired) electrons. The van der Waals surface area contributed by atoms with E-state index in [-0.39, 0.29) is 0 Å². The zero-order valence-corrected chi connectivity index (χ0v) is 14.8. The zero-order valence-electron chi connectivity index (χ0n) is 14.0. The molecule has 0 saturated carbocycles. The minimum absolute atomic E-state index is 0.354. The molecule has 1 aromatic carbocycles. The Kier molecular flexibility index (Phi) is 5.98. The van der Waals surface area contributed by atoms with Crippen LogP contribution < -0.4 is 5.32 Å². The molecule has 0 aliphatic heterocycles. The van der Waals surface area contributed by atoms with Gasteiger partial charge in [0.15, 0.2) is 0 Å². The molecule has 0 saturated heterocycles. The number of rotatable bonds is 8. The van der Waals surface area contributed by atoms with Crippen molar-refractivity contribution in [2.75, 3.05) is 13.1 Å². The summed E-state index contributed by atoms with van der Waals surface area (Å²) in [5.74, 6) is 0. The van der Waals surface area contributed by atoms with E-state index in [1.54, 1.807) is 12.1 Å². The molecular weight excluding hydrogens is 310 g/mol. The summed E-state index contributed by atoms with van der Waals surface area (Å²) < 4.78 is 28.4. The molecule has 0 atom stereocenters. The van der Waals surface area contributed by atoms with Crippen molar-refractivity contribution in [2.24, 2.45) is 7.05 Å². The van der Waals surface area contributed by atoms with Crippen LogP contribution in [0.1, 0.15) is 25.1 Å². The predicted molar refractivity (Wildman–Crippen MR) is 92.5 cm³/mol. The second-order valence-corrected chi connectivity index (χ2v) is 7.39. The van der Waals surface area contributed by atoms with Gasteiger partial charge in [0.25, 0.3) is 0 Å². The standard InChI is InChI=1S/C17H25N3O2S/c1-4-20(5-2)23(21,22)17-10-8-15(9-11-17)13-18-14-16-7-6-12-19(16)3/h6-12,18H,4-5,13-14H2,1-3H3. The van der Waals surface area contributed by atoms with Crippen LogP contribution in [-0.2, 0) is 30.2 Å². The first kappa shape index (κ1) is 17.7. The van der Waals surface area contributed by atoms with Crippen LogP contribution in [0, 0.1) is 0 Å². The molecule has 1 aromatic heterocycles. The third kappa shape index (κ3) is 4.22. The Labute approximate surface area is 139 Å². The van der Waals surface area contributed by atoms with Gasteiger partial charge in [0.2, 0.25) is 10.0 Å². The highest BCUT2D eigenvalue weighted by Crippen LogP contribution is 2.16. The summed E-state index contributed by atoms with van der Waals surface area (Å²) in [6, 6.07) is 11.2. The van der Waals surface area contributed by atoms with E-state index in [0.29, 0.717) is 24.5 Å². The molecular formula is C17H25N3O2S. The van der Waals surface area contributed by atoms with Gasteiger partial charge in [-0.15, -0.1) is 0 Å². The van der Waals surface area contributed by atoms with E-state index in [9.17, 15) is 8.42 Å². The van der Waals surface area contributed by atoms with Crippen LogP contribution in [0.3, 0.4) is 0 Å². The lowest BCUT2D eigenvalue weighted by Gasteiger charge is -2.18. The summed E-state index contributed by atoms with van der Waals surface area (Å²) in [6.45, 7) is 6.16. The Morgan fingerprint density at radius 1 is 1.04 bits per heavy atom. The van der Waals surface area contributed by atoms with Crippen LogP contribution in [0.4, 0.5) is 0 Å². The lowest BCUT2D eigenvalue weighted by atomic mass is 10.2. The van der Waals surface area contributed by atoms with Crippen molar-refractivity contribution in [1.82, 2.24) is 14.2 Å². The molecule has 0 fully saturated rings. The van der Waals surface area contributed by atoms with E-state index < -0.39 is 10.0 Å². The quantitative estimate of drug-likeness (QED) is 0.806. The van der Waals surface area contributed by atoms with E-state index in [0.717, 1.165) is 12.1 Å². The fourth-order valence-electron chi connectivity index (χ4n) is 2.51. The third-order valence-electron chi connectivity index (χ3n) is 3.95. The first-order valence-corrected chi connectivity index (χ1v) is 9.33. The number of nitrogens with zero attached hydrogens (tertiary/aromatic N) is 2. The monoisotopic (exact) mass is 335 g/mol. The second kappa shape index (κ2) is 7.77. The fourth-order valence-corrected chi connectivity index (χ4v) is 3.96. The van der Waals surface area contributed by atoms with E-state index >= 15 is 0 Å². The van der Waals surface area contributed by atoms with Crippen LogP contribution in [0.5, 0.6) is 0 Å². The SMILES string of the molecule is CCN(CC)S(=O)(=O)c1ccc(CNCc2cccn2C)cc1. The van der Waals surface area contributed by atoms with E-state index in [2.05, 4.69) is 16.0 Å². The summed E-state index contributed by atoms with van der Waals surface area (Å²) >= 11 is 0. The van der Waals surface area contributed by atoms with Gasteiger partial charge in [-0.1, -0.05) is 26.0 Å². The van der Waals surface area contributed by atoms with Crippen molar-refractivity contribution in [1.29, 1.82) is 0 Å². The van der Waals surface area contributed by atoms with Crippen molar-refractivity contribution in [3.8, 4) is 0 Å². The van der Waals surface area contributed by atoms with Gasteiger partial charge in [-0.2, -0.15) is 4.31 Å². The Morgan fingerprint density at radius 3 is 2.22 bits per heavy atom. The van der Waals surface area contributed by atoms with Gasteiger partial charge in [-0.3, -0.25) is 0 Å². The van der Waals surface area contributed by atoms with Gasteiger partial charge >= 0.3 is 0 Å². The molecule has 1 heterocycles. The van der Waals surface area contributed by atoms with Crippen molar-refractivity contribution in [2.45, 2.75) is 31.8 Å². The molecule has 0 unspecified atom stereocenters. The Balaban J connectivity index is 1.98. The van der Waals surface area contributed by atoms with Crippen molar-refractivity contribution < 1.29 is 8.42 Å². The van der Waals surface area contributed by atoms with Crippen LogP contribution >= 0.6 is 0 Å². The number of benzene rings is 1. The molecule has 1 N–H and O–H groups in total. The Hall–Kier alpha value is -1.63. The maximum atomic E-state index is 12.4. The molecule has 0 bridgehead atoms. The molecule has 23 heavy (non-hydrogen) atoms. The smallest absolute Gasteiger partial charge is 0.243 e. The molecule has 0 amide bonds. The molecule has 2 aromatic rings. The topological polar surface area (TPSA) is 54.3 Å². The first-order chi connectivity index (χ1) is 11.0. The average molecular weight is 335 g/mol. The molecule has 0 aliphatic rings. The largest absolute Gasteiger partial charge is 0.353 e. The summed E-state index contributed by atoms with van der Waals surface area (Å²) in [5, 5.41) is 3.37. The highest BCUT2D eigenvalue weighted by Gasteiger charge is 2.20. The average Bonchev–Trinajstić information content (AvgIpc) is 2.94. The predicted octanol–water partition coefficient (Wildman–Crippen LogP) is 2.35. The van der Waals surface area contributed by atoms with Gasteiger partial charge in [-0.05, 0) is 29.8 Å². The number of nitrogens with one attached hydrogen (secondary N) is 1. The zero-order chi connectivity index (χ0) is 16.9. The van der Waals surface area contributed by atoms with E-state index in [4.69, 9.17) is 0 Å². The minimum Gasteiger partial charge on any atom is -0.353 e. The Morgan fingerprint density at radius 2 is 1.70 bits per heavy atom. The molecule has 0 aliphatic carbocycles. The number of aryl methyl sites for hydroxylation is 1. The van der Waals surface area contributed by atoms with Gasteiger partial charge in [-0.25, -0.2) is 8.42 Å². The minimum atomic E-state index is -3.37. The van der Waals surface area contributed by atoms with E-state index in [1.807, 2.05) is 45.3 Å². The third-order valence-corrected chi connectivity index (χ3v) is 6.02. The van der Waals surface area contributed by atoms with Crippen molar-refractivity contribution in [3.63, 3.8) is 0 Å². The number of aromatic nitrogens is 1. The molecule has 0 spiro atoms. The van der Waals surface area contributed by atoms with Gasteiger partial charge in [0.1, 0.15) is 0 Å². The number of hydrogen-bond acceptors (Lipinski definition) is 3. The molecule has 2 rings (SSSR count). The molecule has 5 nitrogen and oxygen atoms in total. The highest BCUT2D eigenvalue weighted by molar-refractivity contribution is 7.89. The van der Waals surface area contributed by atoms with Crippen LogP contribution in [0.2, 0.25) is 0 Å². The van der Waals surface area contributed by atoms with Crippen molar-refractivity contribution >= 4 is 10.0 Å². The summed E-state index contributed by atoms with van der Waals surface area (Å²) in [7, 11) is -1.35. The fraction of sp³-hybridized carbons (Fsp3) is 0.412. The Bertz CT molecular complexity index is 717. The number of hydrogen-bond donors (Lipinski definition) is 1. The van der Waals surface area contributed by atoms with Gasteiger partial charge in [0, 0.05) is 45.1 Å². The van der Waals surface area contributed by atoms with Crippen molar-refractivity contribution in [3.05, 3.63) is 53.9 Å². The molecule has 126 valence electrons. The van der Waals surface area contributed by atoms with Gasteiger partial charge in [0.05, 0.1) is 4.90 Å². The maximum Gasteiger partial charge on any atom is 0.243 e. The van der Waals surface area contributed by atoms with Crippen LogP contribution in [0.15, 0.2) is 47.5 Å². The summed E-state index contributed by atoms with van der Waals surface area (Å²) in [4.78, 5) is 0.354. The lowest BCUT2D eigenvalue weighted by molar-refractivity contribution is 0.445. The van der Waals surface area contributed by atoms with Crippen LogP contribution in [-0.4, -0.2) is 30.4 Å². The summed E-state index contributed by atoms with van der Waals surface area (Å²) in [5.41, 5.74) is 2.28. The summed E-state index contributed by atoms with van der Waals surface area (Å²) in [6.07, 6.45) is 2.02. The van der Waals surface area contributed by atoms with E-state index in [1.165, 1.54) is 10.00 Å². The lowest BCUT2D eigenvalue weighted by Crippen LogP contribution is -2.30. The maximum absolute atomic E-state index is 12.4. The van der Waals surface area contributed by atoms with Gasteiger partial charge < -0.3 is 9.88 Å². The van der Waals surface area contributed by atoms with Crippen LogP contribution in [0.25, 0.3) is 0 Å². The normalized spacial score (nSPS) is 12.0. The number of sulfonamides is 1. The first-order valence-electron chi connectivity index (χ1n) is 7.89. The second-order valence-electron chi connectivity index (χ2n) is 5.45.